The van der Waals surface area contributed by atoms with Crippen LogP contribution >= 0.6 is 0 Å². The summed E-state index contributed by atoms with van der Waals surface area (Å²) in [6.45, 7) is 0.751. The highest BCUT2D eigenvalue weighted by Gasteiger charge is 2.39. The summed E-state index contributed by atoms with van der Waals surface area (Å²) in [6, 6.07) is 2.92. The number of nitro groups is 1. The molecule has 1 aromatic carbocycles. The summed E-state index contributed by atoms with van der Waals surface area (Å²) in [5.41, 5.74) is -1.99. The lowest BCUT2D eigenvalue weighted by molar-refractivity contribution is -0.388. The lowest BCUT2D eigenvalue weighted by Crippen LogP contribution is -2.38. The van der Waals surface area contributed by atoms with Crippen molar-refractivity contribution in [3.05, 3.63) is 33.9 Å². The highest BCUT2D eigenvalue weighted by Crippen LogP contribution is 2.38. The number of aliphatic hydroxyl groups is 1. The van der Waals surface area contributed by atoms with Gasteiger partial charge in [0.15, 0.2) is 0 Å². The molecule has 1 unspecified atom stereocenters. The van der Waals surface area contributed by atoms with E-state index in [0.717, 1.165) is 12.1 Å². The van der Waals surface area contributed by atoms with Crippen LogP contribution in [0.2, 0.25) is 0 Å². The first kappa shape index (κ1) is 14.6. The Labute approximate surface area is 112 Å². The van der Waals surface area contributed by atoms with E-state index in [1.54, 1.807) is 4.90 Å². The molecule has 0 saturated carbocycles. The molecule has 1 aliphatic heterocycles. The molecule has 1 aromatic rings. The van der Waals surface area contributed by atoms with Crippen molar-refractivity contribution in [3.63, 3.8) is 0 Å². The van der Waals surface area contributed by atoms with Gasteiger partial charge in [-0.3, -0.25) is 10.1 Å². The molecule has 1 fully saturated rings. The molecule has 110 valence electrons. The molecule has 1 N–H and O–H groups in total. The first-order chi connectivity index (χ1) is 9.29. The monoisotopic (exact) mass is 290 g/mol. The van der Waals surface area contributed by atoms with Crippen molar-refractivity contribution in [1.29, 1.82) is 0 Å². The van der Waals surface area contributed by atoms with Gasteiger partial charge in [0, 0.05) is 24.8 Å². The molecule has 1 saturated heterocycles. The molecule has 1 heterocycles. The first-order valence-corrected chi connectivity index (χ1v) is 6.07. The predicted molar refractivity (Wildman–Crippen MR) is 65.6 cm³/mol. The number of benzene rings is 1. The third-order valence-corrected chi connectivity index (χ3v) is 3.24. The first-order valence-electron chi connectivity index (χ1n) is 6.07. The Hall–Kier alpha value is -1.83. The fraction of sp³-hybridized carbons (Fsp3) is 0.500. The second-order valence-corrected chi connectivity index (χ2v) is 4.70. The average Bonchev–Trinajstić information content (AvgIpc) is 2.37. The van der Waals surface area contributed by atoms with Gasteiger partial charge in [0.05, 0.1) is 11.0 Å². The molecule has 0 aliphatic carbocycles. The molecular weight excluding hydrogens is 277 g/mol. The highest BCUT2D eigenvalue weighted by atomic mass is 19.4. The van der Waals surface area contributed by atoms with Gasteiger partial charge in [-0.15, -0.1) is 0 Å². The topological polar surface area (TPSA) is 66.6 Å². The molecule has 1 atom stereocenters. The molecule has 0 bridgehead atoms. The number of halogens is 3. The number of hydrogen-bond acceptors (Lipinski definition) is 4. The molecule has 2 rings (SSSR count). The molecule has 0 radical (unpaired) electrons. The Morgan fingerprint density at radius 1 is 1.40 bits per heavy atom. The molecule has 8 heteroatoms. The Balaban J connectivity index is 2.39. The number of β-amino-alcohol motifs (C(OH)–C–C–N with tert-alkyl or cyclic N) is 1. The van der Waals surface area contributed by atoms with Crippen molar-refractivity contribution < 1.29 is 23.2 Å². The Bertz CT molecular complexity index is 519. The van der Waals surface area contributed by atoms with Gasteiger partial charge in [0.1, 0.15) is 5.56 Å². The second kappa shape index (κ2) is 5.28. The zero-order valence-electron chi connectivity index (χ0n) is 10.4. The lowest BCUT2D eigenvalue weighted by atomic mass is 10.1. The lowest BCUT2D eigenvalue weighted by Gasteiger charge is -2.32. The normalized spacial score (nSPS) is 20.0. The van der Waals surface area contributed by atoms with Gasteiger partial charge in [-0.1, -0.05) is 0 Å². The number of nitro benzene ring substituents is 1. The summed E-state index contributed by atoms with van der Waals surface area (Å²) < 4.78 is 38.6. The van der Waals surface area contributed by atoms with Gasteiger partial charge in [-0.2, -0.15) is 13.2 Å². The molecule has 5 nitrogen and oxygen atoms in total. The minimum absolute atomic E-state index is 0.231. The van der Waals surface area contributed by atoms with E-state index >= 15 is 0 Å². The van der Waals surface area contributed by atoms with Crippen LogP contribution in [0.25, 0.3) is 0 Å². The third-order valence-electron chi connectivity index (χ3n) is 3.24. The van der Waals surface area contributed by atoms with Gasteiger partial charge in [-0.25, -0.2) is 0 Å². The number of aliphatic hydroxyl groups excluding tert-OH is 1. The maximum atomic E-state index is 12.9. The molecule has 0 aromatic heterocycles. The van der Waals surface area contributed by atoms with Crippen LogP contribution in [0.3, 0.4) is 0 Å². The standard InChI is InChI=1S/C12H13F3N2O3/c13-12(14,15)10-6-8(3-4-11(10)17(19)20)16-5-1-2-9(18)7-16/h3-4,6,9,18H,1-2,5,7H2. The fourth-order valence-corrected chi connectivity index (χ4v) is 2.30. The van der Waals surface area contributed by atoms with E-state index in [1.165, 1.54) is 6.07 Å². The number of hydrogen-bond donors (Lipinski definition) is 1. The molecule has 0 amide bonds. The molecule has 1 aliphatic rings. The Morgan fingerprint density at radius 2 is 2.10 bits per heavy atom. The quantitative estimate of drug-likeness (QED) is 0.671. The van der Waals surface area contributed by atoms with Crippen molar-refractivity contribution in [2.45, 2.75) is 25.1 Å². The Morgan fingerprint density at radius 3 is 2.65 bits per heavy atom. The van der Waals surface area contributed by atoms with Gasteiger partial charge < -0.3 is 10.0 Å². The summed E-state index contributed by atoms with van der Waals surface area (Å²) in [5.74, 6) is 0. The number of piperidine rings is 1. The minimum atomic E-state index is -4.78. The zero-order chi connectivity index (χ0) is 14.9. The SMILES string of the molecule is O=[N+]([O-])c1ccc(N2CCCC(O)C2)cc1C(F)(F)F. The van der Waals surface area contributed by atoms with E-state index in [4.69, 9.17) is 0 Å². The van der Waals surface area contributed by atoms with Gasteiger partial charge in [-0.05, 0) is 25.0 Å². The summed E-state index contributed by atoms with van der Waals surface area (Å²) in [4.78, 5) is 11.2. The van der Waals surface area contributed by atoms with E-state index in [2.05, 4.69) is 0 Å². The van der Waals surface area contributed by atoms with Crippen molar-refractivity contribution in [3.8, 4) is 0 Å². The smallest absolute Gasteiger partial charge is 0.391 e. The van der Waals surface area contributed by atoms with Crippen molar-refractivity contribution in [1.82, 2.24) is 0 Å². The van der Waals surface area contributed by atoms with Crippen molar-refractivity contribution >= 4 is 11.4 Å². The number of alkyl halides is 3. The highest BCUT2D eigenvalue weighted by molar-refractivity contribution is 5.57. The van der Waals surface area contributed by atoms with E-state index in [1.807, 2.05) is 0 Å². The maximum Gasteiger partial charge on any atom is 0.423 e. The second-order valence-electron chi connectivity index (χ2n) is 4.70. The maximum absolute atomic E-state index is 12.9. The van der Waals surface area contributed by atoms with Gasteiger partial charge in [0.2, 0.25) is 0 Å². The predicted octanol–water partition coefficient (Wildman–Crippen LogP) is 2.57. The largest absolute Gasteiger partial charge is 0.423 e. The molecule has 0 spiro atoms. The van der Waals surface area contributed by atoms with Gasteiger partial charge in [0.25, 0.3) is 5.69 Å². The van der Waals surface area contributed by atoms with Crippen LogP contribution in [0.1, 0.15) is 18.4 Å². The number of rotatable bonds is 2. The third kappa shape index (κ3) is 3.01. The van der Waals surface area contributed by atoms with E-state index in [9.17, 15) is 28.4 Å². The van der Waals surface area contributed by atoms with E-state index < -0.39 is 28.5 Å². The van der Waals surface area contributed by atoms with Crippen LogP contribution in [0.15, 0.2) is 18.2 Å². The van der Waals surface area contributed by atoms with Crippen LogP contribution in [0, 0.1) is 10.1 Å². The fourth-order valence-electron chi connectivity index (χ4n) is 2.30. The van der Waals surface area contributed by atoms with Crippen LogP contribution < -0.4 is 4.90 Å². The van der Waals surface area contributed by atoms with E-state index in [-0.39, 0.29) is 12.2 Å². The summed E-state index contributed by atoms with van der Waals surface area (Å²) in [6.07, 6.45) is -4.10. The van der Waals surface area contributed by atoms with Crippen LogP contribution in [-0.2, 0) is 6.18 Å². The van der Waals surface area contributed by atoms with Crippen LogP contribution in [-0.4, -0.2) is 29.2 Å². The Kier molecular flexibility index (Phi) is 3.85. The van der Waals surface area contributed by atoms with Crippen LogP contribution in [0.5, 0.6) is 0 Å². The van der Waals surface area contributed by atoms with Crippen molar-refractivity contribution in [2.75, 3.05) is 18.0 Å². The zero-order valence-corrected chi connectivity index (χ0v) is 10.4. The summed E-state index contributed by atoms with van der Waals surface area (Å²) in [7, 11) is 0. The van der Waals surface area contributed by atoms with E-state index in [0.29, 0.717) is 19.4 Å². The number of nitrogens with zero attached hydrogens (tertiary/aromatic N) is 2. The molecule has 20 heavy (non-hydrogen) atoms. The summed E-state index contributed by atoms with van der Waals surface area (Å²) >= 11 is 0. The summed E-state index contributed by atoms with van der Waals surface area (Å²) in [5, 5.41) is 20.2. The average molecular weight is 290 g/mol. The minimum Gasteiger partial charge on any atom is -0.391 e. The van der Waals surface area contributed by atoms with Gasteiger partial charge >= 0.3 is 6.18 Å². The van der Waals surface area contributed by atoms with Crippen molar-refractivity contribution in [2.24, 2.45) is 0 Å². The van der Waals surface area contributed by atoms with Crippen LogP contribution in [0.4, 0.5) is 24.5 Å². The number of anilines is 1. The molecular formula is C12H13F3N2O3.